The maximum Gasteiger partial charge on any atom is 0.109 e. The zero-order valence-electron chi connectivity index (χ0n) is 31.7. The Morgan fingerprint density at radius 3 is 1.20 bits per heavy atom. The third-order valence-electron chi connectivity index (χ3n) is 10.0. The molecule has 2 unspecified atom stereocenters. The fourth-order valence-electron chi connectivity index (χ4n) is 7.69. The molecule has 2 atom stereocenters. The van der Waals surface area contributed by atoms with Gasteiger partial charge in [0.1, 0.15) is 23.0 Å². The van der Waals surface area contributed by atoms with Crippen molar-refractivity contribution in [3.63, 3.8) is 0 Å². The first kappa shape index (κ1) is 41.2. The van der Waals surface area contributed by atoms with Crippen LogP contribution in [0, 0.1) is 13.8 Å². The van der Waals surface area contributed by atoms with E-state index in [1.165, 1.54) is 43.1 Å². The Labute approximate surface area is 356 Å². The largest absolute Gasteiger partial charge is 1.00 e. The summed E-state index contributed by atoms with van der Waals surface area (Å²) < 4.78 is 12.2. The Hall–Kier alpha value is -4.44. The molecule has 10 rings (SSSR count). The van der Waals surface area contributed by atoms with Crippen LogP contribution in [-0.4, -0.2) is 5.43 Å². The summed E-state index contributed by atoms with van der Waals surface area (Å²) in [5, 5.41) is 9.58. The van der Waals surface area contributed by atoms with Crippen molar-refractivity contribution in [3.8, 4) is 0 Å². The quantitative estimate of drug-likeness (QED) is 0.201. The fraction of sp³-hybridized carbons (Fsp3) is 0.120. The maximum atomic E-state index is 6.11. The zero-order valence-corrected chi connectivity index (χ0v) is 36.7. The predicted octanol–water partition coefficient (Wildman–Crippen LogP) is 3.15. The Kier molecular flexibility index (Phi) is 12.8. The Bertz CT molecular complexity index is 2660. The summed E-state index contributed by atoms with van der Waals surface area (Å²) in [6.07, 6.45) is 12.0. The van der Waals surface area contributed by atoms with Crippen molar-refractivity contribution in [2.45, 2.75) is 37.8 Å². The topological polar surface area (TPSA) is 26.3 Å². The Morgan fingerprint density at radius 2 is 0.821 bits per heavy atom. The number of rotatable bonds is 4. The molecule has 0 spiro atoms. The van der Waals surface area contributed by atoms with Crippen molar-refractivity contribution in [2.24, 2.45) is 0 Å². The normalized spacial score (nSPS) is 17.1. The first-order valence-electron chi connectivity index (χ1n) is 18.3. The maximum absolute atomic E-state index is 6.11. The van der Waals surface area contributed by atoms with Gasteiger partial charge in [0.05, 0.1) is 0 Å². The Balaban J connectivity index is 0.000000168. The molecule has 0 radical (unpaired) electrons. The smallest absolute Gasteiger partial charge is 0.109 e. The van der Waals surface area contributed by atoms with Gasteiger partial charge in [-0.15, -0.1) is 46.9 Å². The van der Waals surface area contributed by atoms with E-state index in [1.54, 1.807) is 23.3 Å². The molecule has 0 aliphatic heterocycles. The molecule has 0 saturated heterocycles. The summed E-state index contributed by atoms with van der Waals surface area (Å²) in [5.74, 6) is 3.66. The van der Waals surface area contributed by atoms with E-state index in [2.05, 4.69) is 183 Å². The number of halogens is 2. The van der Waals surface area contributed by atoms with Crippen LogP contribution < -0.4 is 45.7 Å². The Morgan fingerprint density at radius 1 is 0.464 bits per heavy atom. The van der Waals surface area contributed by atoms with E-state index in [1.807, 2.05) is 26.0 Å². The monoisotopic (exact) mass is 860 g/mol. The first-order chi connectivity index (χ1) is 26.3. The van der Waals surface area contributed by atoms with Gasteiger partial charge in [-0.25, -0.2) is 0 Å². The molecule has 0 bridgehead atoms. The van der Waals surface area contributed by atoms with Gasteiger partial charge in [-0.3, -0.25) is 0 Å². The van der Waals surface area contributed by atoms with E-state index in [9.17, 15) is 0 Å². The van der Waals surface area contributed by atoms with Crippen molar-refractivity contribution in [1.82, 2.24) is 0 Å². The van der Waals surface area contributed by atoms with Crippen LogP contribution in [0.3, 0.4) is 0 Å². The minimum absolute atomic E-state index is 0. The van der Waals surface area contributed by atoms with E-state index in [4.69, 9.17) is 8.83 Å². The van der Waals surface area contributed by atoms with E-state index in [0.29, 0.717) is 0 Å². The van der Waals surface area contributed by atoms with Gasteiger partial charge >= 0.3 is 41.9 Å². The minimum Gasteiger partial charge on any atom is -1.00 e. The number of furan rings is 2. The molecule has 2 nitrogen and oxygen atoms in total. The van der Waals surface area contributed by atoms with Crippen LogP contribution in [0.25, 0.3) is 45.8 Å². The molecular weight excluding hydrogens is 823 g/mol. The first-order valence-corrected chi connectivity index (χ1v) is 24.5. The van der Waals surface area contributed by atoms with Crippen LogP contribution in [-0.2, 0) is 34.2 Å². The van der Waals surface area contributed by atoms with Gasteiger partial charge < -0.3 is 33.6 Å². The van der Waals surface area contributed by atoms with Crippen LogP contribution in [0.1, 0.15) is 34.2 Å². The van der Waals surface area contributed by atoms with E-state index < -0.39 is 10.8 Å². The van der Waals surface area contributed by atoms with Crippen molar-refractivity contribution in [3.05, 3.63) is 213 Å². The van der Waals surface area contributed by atoms with E-state index in [0.717, 1.165) is 33.5 Å². The molecule has 6 heteroatoms. The summed E-state index contributed by atoms with van der Waals surface area (Å²) in [4.78, 5) is 0. The van der Waals surface area contributed by atoms with Crippen LogP contribution >= 0.6 is 0 Å². The van der Waals surface area contributed by atoms with Crippen LogP contribution in [0.4, 0.5) is 0 Å². The number of aryl methyl sites for hydroxylation is 2. The van der Waals surface area contributed by atoms with E-state index >= 15 is 0 Å². The standard InChI is InChI=1S/2C24H17O.C2H6Si.2ClH.Zr/c2*1-17-13-14-23(25-17)24(15-19-8-2-3-9-20(19)16-24)22-12-6-10-18-7-4-5-11-21(18)22;1-3-2;;;/h2*2-15H,1H3;1-2H3;2*1H;/q2*-1;;;;+2/p-2. The van der Waals surface area contributed by atoms with Gasteiger partial charge in [-0.05, 0) is 70.8 Å². The van der Waals surface area contributed by atoms with Gasteiger partial charge in [0, 0.05) is 10.8 Å². The van der Waals surface area contributed by atoms with Gasteiger partial charge in [0.15, 0.2) is 0 Å². The second kappa shape index (κ2) is 17.4. The SMILES string of the molecule is C[Si](C)=[Zr+2].Cc1ccc(C2(c3cccc4ccccc34)[C-]=c3ccccc3=C2)o1.Cc1ccc(C2(c3cccc4ccccc34)[C-]=c3ccccc3=C2)o1.[Cl-].[Cl-]. The van der Waals surface area contributed by atoms with Gasteiger partial charge in [-0.2, -0.15) is 34.7 Å². The molecule has 0 saturated carbocycles. The number of hydrogen-bond acceptors (Lipinski definition) is 2. The molecule has 0 N–H and O–H groups in total. The summed E-state index contributed by atoms with van der Waals surface area (Å²) in [6.45, 7) is 8.59. The van der Waals surface area contributed by atoms with Gasteiger partial charge in [0.25, 0.3) is 0 Å². The van der Waals surface area contributed by atoms with Crippen molar-refractivity contribution >= 4 is 51.3 Å². The molecule has 8 aromatic rings. The molecule has 2 aliphatic carbocycles. The zero-order chi connectivity index (χ0) is 37.3. The average Bonchev–Trinajstić information content (AvgIpc) is 4.00. The van der Waals surface area contributed by atoms with Crippen LogP contribution in [0.2, 0.25) is 13.1 Å². The second-order valence-corrected chi connectivity index (χ2v) is 23.6. The van der Waals surface area contributed by atoms with Crippen molar-refractivity contribution < 1.29 is 57.0 Å². The summed E-state index contributed by atoms with van der Waals surface area (Å²) in [7, 11) is 0. The summed E-state index contributed by atoms with van der Waals surface area (Å²) in [5.41, 5.74) is 1.62. The molecular formula is C50H40Cl2O2SiZr-2. The molecule has 2 aromatic heterocycles. The van der Waals surface area contributed by atoms with E-state index in [-0.39, 0.29) is 30.2 Å². The molecule has 0 amide bonds. The molecule has 56 heavy (non-hydrogen) atoms. The second-order valence-electron chi connectivity index (χ2n) is 14.2. The molecule has 276 valence electrons. The molecule has 2 heterocycles. The third kappa shape index (κ3) is 7.91. The van der Waals surface area contributed by atoms with Crippen molar-refractivity contribution in [1.29, 1.82) is 0 Å². The fourth-order valence-corrected chi connectivity index (χ4v) is 7.69. The number of hydrogen-bond donors (Lipinski definition) is 0. The predicted molar refractivity (Wildman–Crippen MR) is 221 cm³/mol. The van der Waals surface area contributed by atoms with Crippen LogP contribution in [0.5, 0.6) is 0 Å². The van der Waals surface area contributed by atoms with Crippen molar-refractivity contribution in [2.75, 3.05) is 0 Å². The number of fused-ring (bicyclic) bond motifs is 4. The molecule has 0 fully saturated rings. The molecule has 2 aliphatic rings. The average molecular weight is 863 g/mol. The summed E-state index contributed by atoms with van der Waals surface area (Å²) in [6, 6.07) is 54.9. The van der Waals surface area contributed by atoms with Crippen LogP contribution in [0.15, 0.2) is 167 Å². The molecule has 6 aromatic carbocycles. The van der Waals surface area contributed by atoms with Gasteiger partial charge in [0.2, 0.25) is 0 Å². The third-order valence-corrected chi connectivity index (χ3v) is 10.0. The van der Waals surface area contributed by atoms with Gasteiger partial charge in [-0.1, -0.05) is 97.1 Å². The summed E-state index contributed by atoms with van der Waals surface area (Å²) >= 11 is 1.74. The number of benzene rings is 6. The minimum atomic E-state index is -0.501.